The lowest BCUT2D eigenvalue weighted by Crippen LogP contribution is -2.41. The summed E-state index contributed by atoms with van der Waals surface area (Å²) in [4.78, 5) is 35.9. The summed E-state index contributed by atoms with van der Waals surface area (Å²) in [6, 6.07) is 11.6. The first-order chi connectivity index (χ1) is 17.6. The standard InChI is InChI=1S/C27H22N4O4S/c28-9-10-34-14-7-5-13(6-8-14)23-22-16-11-17(24(22)35-30-23)21-20(16)25(32)31(26(21)33)27-18(12-29)15-3-1-2-4-19(15)36-27/h5-8,16-17,20-22,24H,1-4,10-11H2/t16-,17+,20-,21+,22-,24-/m1/s1. The highest BCUT2D eigenvalue weighted by atomic mass is 32.1. The number of rotatable bonds is 4. The smallest absolute Gasteiger partial charge is 0.238 e. The van der Waals surface area contributed by atoms with Crippen molar-refractivity contribution in [2.24, 2.45) is 34.7 Å². The second-order valence-electron chi connectivity index (χ2n) is 10.2. The van der Waals surface area contributed by atoms with E-state index in [4.69, 9.17) is 14.8 Å². The molecule has 3 fully saturated rings. The highest BCUT2D eigenvalue weighted by molar-refractivity contribution is 7.17. The highest BCUT2D eigenvalue weighted by Gasteiger charge is 2.70. The minimum atomic E-state index is -0.411. The van der Waals surface area contributed by atoms with Crippen LogP contribution in [0.25, 0.3) is 0 Å². The summed E-state index contributed by atoms with van der Waals surface area (Å²) in [6.45, 7) is -0.0195. The Bertz CT molecular complexity index is 1410. The van der Waals surface area contributed by atoms with Crippen LogP contribution < -0.4 is 9.64 Å². The van der Waals surface area contributed by atoms with E-state index < -0.39 is 11.8 Å². The predicted octanol–water partition coefficient (Wildman–Crippen LogP) is 3.58. The maximum Gasteiger partial charge on any atom is 0.238 e. The lowest BCUT2D eigenvalue weighted by atomic mass is 9.71. The molecule has 1 aromatic carbocycles. The van der Waals surface area contributed by atoms with E-state index in [9.17, 15) is 14.9 Å². The molecule has 0 radical (unpaired) electrons. The number of imide groups is 1. The molecular formula is C27H22N4O4S. The van der Waals surface area contributed by atoms with E-state index in [1.807, 2.05) is 18.2 Å². The topological polar surface area (TPSA) is 116 Å². The Labute approximate surface area is 211 Å². The van der Waals surface area contributed by atoms with E-state index in [0.29, 0.717) is 16.3 Å². The Hall–Kier alpha value is -3.69. The Balaban J connectivity index is 1.19. The van der Waals surface area contributed by atoms with Crippen molar-refractivity contribution in [2.45, 2.75) is 38.2 Å². The number of fused-ring (bicyclic) bond motifs is 9. The number of oxime groups is 1. The summed E-state index contributed by atoms with van der Waals surface area (Å²) in [5, 5.41) is 23.6. The van der Waals surface area contributed by atoms with Crippen molar-refractivity contribution >= 4 is 33.9 Å². The Morgan fingerprint density at radius 3 is 2.56 bits per heavy atom. The first-order valence-corrected chi connectivity index (χ1v) is 13.2. The molecule has 9 heteroatoms. The van der Waals surface area contributed by atoms with Crippen LogP contribution in [0.5, 0.6) is 5.75 Å². The van der Waals surface area contributed by atoms with E-state index in [-0.39, 0.29) is 42.3 Å². The summed E-state index contributed by atoms with van der Waals surface area (Å²) in [6.07, 6.45) is 4.39. The van der Waals surface area contributed by atoms with Gasteiger partial charge in [0.25, 0.3) is 0 Å². The number of thiophene rings is 1. The van der Waals surface area contributed by atoms with Crippen LogP contribution in [0.4, 0.5) is 5.00 Å². The Morgan fingerprint density at radius 1 is 1.06 bits per heavy atom. The lowest BCUT2D eigenvalue weighted by Gasteiger charge is -2.29. The fourth-order valence-corrected chi connectivity index (χ4v) is 8.58. The lowest BCUT2D eigenvalue weighted by molar-refractivity contribution is -0.125. The maximum atomic E-state index is 13.8. The second kappa shape index (κ2) is 7.91. The van der Waals surface area contributed by atoms with E-state index in [0.717, 1.165) is 53.8 Å². The van der Waals surface area contributed by atoms with Gasteiger partial charge in [-0.3, -0.25) is 9.59 Å². The van der Waals surface area contributed by atoms with Gasteiger partial charge in [0.2, 0.25) is 11.8 Å². The zero-order valence-corrected chi connectivity index (χ0v) is 20.2. The number of ether oxygens (including phenoxy) is 1. The molecule has 5 aliphatic rings. The molecule has 0 unspecified atom stereocenters. The molecule has 2 saturated carbocycles. The van der Waals surface area contributed by atoms with Crippen molar-refractivity contribution in [2.75, 3.05) is 11.5 Å². The fraction of sp³-hybridized carbons (Fsp3) is 0.444. The van der Waals surface area contributed by atoms with Gasteiger partial charge >= 0.3 is 0 Å². The number of hydrogen-bond acceptors (Lipinski definition) is 8. The number of hydrogen-bond donors (Lipinski definition) is 0. The molecule has 3 heterocycles. The molecule has 6 atom stereocenters. The van der Waals surface area contributed by atoms with Crippen LogP contribution in [0.15, 0.2) is 29.4 Å². The average molecular weight is 499 g/mol. The second-order valence-corrected chi connectivity index (χ2v) is 11.3. The fourth-order valence-electron chi connectivity index (χ4n) is 7.23. The zero-order valence-electron chi connectivity index (χ0n) is 19.3. The van der Waals surface area contributed by atoms with Gasteiger partial charge in [-0.2, -0.15) is 10.5 Å². The molecule has 180 valence electrons. The minimum Gasteiger partial charge on any atom is -0.479 e. The van der Waals surface area contributed by atoms with Crippen LogP contribution in [-0.2, 0) is 27.3 Å². The van der Waals surface area contributed by atoms with Gasteiger partial charge in [-0.05, 0) is 67.9 Å². The molecule has 0 N–H and O–H groups in total. The maximum absolute atomic E-state index is 13.8. The molecule has 2 amide bonds. The molecule has 2 bridgehead atoms. The molecule has 3 aliphatic carbocycles. The molecule has 2 aliphatic heterocycles. The number of nitriles is 2. The first-order valence-electron chi connectivity index (χ1n) is 12.4. The van der Waals surface area contributed by atoms with Gasteiger partial charge in [0, 0.05) is 22.3 Å². The molecule has 1 aromatic heterocycles. The molecule has 1 saturated heterocycles. The highest BCUT2D eigenvalue weighted by Crippen LogP contribution is 2.62. The minimum absolute atomic E-state index is 0.0195. The number of carbonyl (C=O) groups is 2. The third-order valence-corrected chi connectivity index (χ3v) is 9.89. The first kappa shape index (κ1) is 21.6. The molecule has 2 aromatic rings. The summed E-state index contributed by atoms with van der Waals surface area (Å²) in [5.41, 5.74) is 3.24. The van der Waals surface area contributed by atoms with Crippen molar-refractivity contribution in [1.29, 1.82) is 10.5 Å². The van der Waals surface area contributed by atoms with Crippen molar-refractivity contribution in [3.8, 4) is 17.9 Å². The third kappa shape index (κ3) is 2.81. The van der Waals surface area contributed by atoms with Crippen molar-refractivity contribution < 1.29 is 19.2 Å². The monoisotopic (exact) mass is 498 g/mol. The van der Waals surface area contributed by atoms with Gasteiger partial charge in [-0.15, -0.1) is 11.3 Å². The van der Waals surface area contributed by atoms with E-state index in [2.05, 4.69) is 11.2 Å². The molecule has 8 nitrogen and oxygen atoms in total. The van der Waals surface area contributed by atoms with E-state index in [1.54, 1.807) is 12.1 Å². The normalized spacial score (nSPS) is 31.3. The number of aryl methyl sites for hydroxylation is 1. The summed E-state index contributed by atoms with van der Waals surface area (Å²) < 4.78 is 5.35. The SMILES string of the molecule is N#CCOc1ccc(C2=NO[C@@H]3[C@H]4C[C@H]([C@H]5C(=O)N(c6sc7c(c6C#N)CCCC7)C(=O)[C@@H]45)[C@H]23)cc1. The van der Waals surface area contributed by atoms with Crippen LogP contribution in [-0.4, -0.2) is 30.2 Å². The predicted molar refractivity (Wildman–Crippen MR) is 129 cm³/mol. The third-order valence-electron chi connectivity index (χ3n) is 8.61. The largest absolute Gasteiger partial charge is 0.479 e. The number of anilines is 1. The quantitative estimate of drug-likeness (QED) is 0.595. The Kier molecular flexibility index (Phi) is 4.74. The number of amides is 2. The van der Waals surface area contributed by atoms with Crippen LogP contribution >= 0.6 is 11.3 Å². The van der Waals surface area contributed by atoms with Gasteiger partial charge in [-0.25, -0.2) is 4.90 Å². The van der Waals surface area contributed by atoms with Crippen molar-refractivity contribution in [1.82, 2.24) is 0 Å². The zero-order chi connectivity index (χ0) is 24.6. The summed E-state index contributed by atoms with van der Waals surface area (Å²) >= 11 is 1.45. The van der Waals surface area contributed by atoms with Gasteiger partial charge in [0.15, 0.2) is 6.61 Å². The number of benzene rings is 1. The Morgan fingerprint density at radius 2 is 1.81 bits per heavy atom. The van der Waals surface area contributed by atoms with E-state index in [1.165, 1.54) is 16.2 Å². The number of carbonyl (C=O) groups excluding carboxylic acids is 2. The van der Waals surface area contributed by atoms with Crippen LogP contribution in [0.3, 0.4) is 0 Å². The van der Waals surface area contributed by atoms with Gasteiger partial charge in [0.1, 0.15) is 29.0 Å². The summed E-state index contributed by atoms with van der Waals surface area (Å²) in [5.74, 6) is -0.701. The van der Waals surface area contributed by atoms with Gasteiger partial charge in [-0.1, -0.05) is 5.16 Å². The van der Waals surface area contributed by atoms with Crippen molar-refractivity contribution in [3.63, 3.8) is 0 Å². The van der Waals surface area contributed by atoms with E-state index >= 15 is 0 Å². The molecule has 7 rings (SSSR count). The van der Waals surface area contributed by atoms with Gasteiger partial charge < -0.3 is 9.57 Å². The van der Waals surface area contributed by atoms with Gasteiger partial charge in [0.05, 0.1) is 23.1 Å². The molecule has 0 spiro atoms. The molecular weight excluding hydrogens is 476 g/mol. The number of nitrogens with zero attached hydrogens (tertiary/aromatic N) is 4. The van der Waals surface area contributed by atoms with Crippen LogP contribution in [0.2, 0.25) is 0 Å². The van der Waals surface area contributed by atoms with Crippen LogP contribution in [0, 0.1) is 52.3 Å². The summed E-state index contributed by atoms with van der Waals surface area (Å²) in [7, 11) is 0. The molecule has 36 heavy (non-hydrogen) atoms. The average Bonchev–Trinajstić information content (AvgIpc) is 3.69. The van der Waals surface area contributed by atoms with Crippen molar-refractivity contribution in [3.05, 3.63) is 45.8 Å². The van der Waals surface area contributed by atoms with Crippen LogP contribution in [0.1, 0.15) is 40.8 Å².